The Morgan fingerprint density at radius 1 is 1.27 bits per heavy atom. The maximum atomic E-state index is 13.2. The van der Waals surface area contributed by atoms with Crippen LogP contribution in [-0.2, 0) is 9.59 Å². The quantitative estimate of drug-likeness (QED) is 0.486. The molecule has 0 bridgehead atoms. The molecule has 0 aliphatic heterocycles. The average Bonchev–Trinajstić information content (AvgIpc) is 2.60. The molecular formula is C18H14ClFN4O2. The molecule has 3 N–H and O–H groups in total. The fourth-order valence-electron chi connectivity index (χ4n) is 2.07. The number of nitrogens with zero attached hydrogens (tertiary/aromatic N) is 2. The molecule has 8 heteroatoms. The number of nitriles is 1. The molecular weight excluding hydrogens is 359 g/mol. The van der Waals surface area contributed by atoms with Crippen LogP contribution in [0.4, 0.5) is 21.5 Å². The van der Waals surface area contributed by atoms with Crippen LogP contribution in [0.25, 0.3) is 0 Å². The van der Waals surface area contributed by atoms with E-state index in [1.165, 1.54) is 43.3 Å². The van der Waals surface area contributed by atoms with E-state index in [0.717, 1.165) is 17.2 Å². The van der Waals surface area contributed by atoms with Gasteiger partial charge in [-0.2, -0.15) is 5.26 Å². The molecule has 132 valence electrons. The zero-order valence-electron chi connectivity index (χ0n) is 13.7. The highest BCUT2D eigenvalue weighted by atomic mass is 35.5. The molecule has 26 heavy (non-hydrogen) atoms. The van der Waals surface area contributed by atoms with E-state index in [9.17, 15) is 19.2 Å². The minimum Gasteiger partial charge on any atom is -0.399 e. The number of carbonyl (C=O) groups is 2. The summed E-state index contributed by atoms with van der Waals surface area (Å²) in [4.78, 5) is 25.4. The van der Waals surface area contributed by atoms with E-state index in [1.54, 1.807) is 6.07 Å². The molecule has 0 spiro atoms. The summed E-state index contributed by atoms with van der Waals surface area (Å²) in [5.41, 5.74) is 6.40. The van der Waals surface area contributed by atoms with Crippen LogP contribution < -0.4 is 16.0 Å². The first-order valence-electron chi connectivity index (χ1n) is 7.36. The average molecular weight is 373 g/mol. The van der Waals surface area contributed by atoms with Gasteiger partial charge in [-0.3, -0.25) is 9.59 Å². The van der Waals surface area contributed by atoms with Gasteiger partial charge in [-0.15, -0.1) is 0 Å². The van der Waals surface area contributed by atoms with Crippen LogP contribution in [0.3, 0.4) is 0 Å². The van der Waals surface area contributed by atoms with Gasteiger partial charge in [0.15, 0.2) is 0 Å². The van der Waals surface area contributed by atoms with Crippen molar-refractivity contribution in [3.8, 4) is 6.07 Å². The van der Waals surface area contributed by atoms with Crippen LogP contribution in [-0.4, -0.2) is 11.8 Å². The van der Waals surface area contributed by atoms with E-state index in [4.69, 9.17) is 17.3 Å². The first-order chi connectivity index (χ1) is 12.3. The normalized spacial score (nSPS) is 10.8. The molecule has 6 nitrogen and oxygen atoms in total. The van der Waals surface area contributed by atoms with Crippen molar-refractivity contribution in [2.45, 2.75) is 6.92 Å². The lowest BCUT2D eigenvalue weighted by molar-refractivity contribution is -0.123. The largest absolute Gasteiger partial charge is 0.399 e. The van der Waals surface area contributed by atoms with Crippen LogP contribution in [0.5, 0.6) is 0 Å². The van der Waals surface area contributed by atoms with E-state index in [1.807, 2.05) is 0 Å². The number of benzene rings is 2. The minimum atomic E-state index is -0.814. The lowest BCUT2D eigenvalue weighted by Crippen LogP contribution is -2.36. The van der Waals surface area contributed by atoms with E-state index in [0.29, 0.717) is 11.4 Å². The number of nitrogens with one attached hydrogen (secondary N) is 1. The number of carbonyl (C=O) groups excluding carboxylic acids is 2. The number of nitrogens with two attached hydrogens (primary N) is 1. The third-order valence-electron chi connectivity index (χ3n) is 3.32. The molecule has 0 atom stereocenters. The van der Waals surface area contributed by atoms with E-state index < -0.39 is 17.6 Å². The molecule has 0 saturated carbocycles. The SMILES string of the molecule is CC(=O)N(C(=O)/C(C#N)=C\Nc1ccc(F)c(Cl)c1)c1ccc(N)cc1. The van der Waals surface area contributed by atoms with E-state index in [-0.39, 0.29) is 16.3 Å². The minimum absolute atomic E-state index is 0.111. The van der Waals surface area contributed by atoms with Crippen molar-refractivity contribution < 1.29 is 14.0 Å². The molecule has 0 fully saturated rings. The van der Waals surface area contributed by atoms with Crippen LogP contribution in [0.1, 0.15) is 6.92 Å². The smallest absolute Gasteiger partial charge is 0.277 e. The van der Waals surface area contributed by atoms with Gasteiger partial charge >= 0.3 is 0 Å². The Labute approximate surface area is 154 Å². The van der Waals surface area contributed by atoms with Crippen LogP contribution >= 0.6 is 11.6 Å². The van der Waals surface area contributed by atoms with Crippen molar-refractivity contribution in [2.75, 3.05) is 16.0 Å². The highest BCUT2D eigenvalue weighted by Gasteiger charge is 2.23. The number of amides is 2. The van der Waals surface area contributed by atoms with Crippen LogP contribution in [0, 0.1) is 17.1 Å². The second kappa shape index (κ2) is 8.14. The van der Waals surface area contributed by atoms with E-state index in [2.05, 4.69) is 5.32 Å². The summed E-state index contributed by atoms with van der Waals surface area (Å²) in [6, 6.07) is 11.6. The van der Waals surface area contributed by atoms with Gasteiger partial charge in [-0.25, -0.2) is 9.29 Å². The van der Waals surface area contributed by atoms with Crippen molar-refractivity contribution in [2.24, 2.45) is 0 Å². The third-order valence-corrected chi connectivity index (χ3v) is 3.61. The van der Waals surface area contributed by atoms with Crippen LogP contribution in [0.2, 0.25) is 5.02 Å². The molecule has 2 rings (SSSR count). The van der Waals surface area contributed by atoms with Gasteiger partial charge in [0.05, 0.1) is 10.7 Å². The molecule has 0 aliphatic carbocycles. The van der Waals surface area contributed by atoms with Crippen molar-refractivity contribution in [1.82, 2.24) is 0 Å². The Bertz CT molecular complexity index is 920. The number of rotatable bonds is 4. The molecule has 2 aromatic carbocycles. The first-order valence-corrected chi connectivity index (χ1v) is 7.73. The zero-order chi connectivity index (χ0) is 19.3. The summed E-state index contributed by atoms with van der Waals surface area (Å²) in [6.45, 7) is 1.20. The van der Waals surface area contributed by atoms with Gasteiger partial charge in [0, 0.05) is 24.5 Å². The lowest BCUT2D eigenvalue weighted by Gasteiger charge is -2.19. The summed E-state index contributed by atoms with van der Waals surface area (Å²) in [5, 5.41) is 11.8. The van der Waals surface area contributed by atoms with Crippen molar-refractivity contribution in [3.05, 3.63) is 65.1 Å². The monoisotopic (exact) mass is 372 g/mol. The van der Waals surface area contributed by atoms with Crippen molar-refractivity contribution in [3.63, 3.8) is 0 Å². The molecule has 0 aromatic heterocycles. The summed E-state index contributed by atoms with van der Waals surface area (Å²) in [7, 11) is 0. The molecule has 0 heterocycles. The Kier molecular flexibility index (Phi) is 5.94. The standard InChI is InChI=1S/C18H14ClFN4O2/c1-11(25)24(15-5-2-13(22)3-6-15)18(26)12(9-21)10-23-14-4-7-17(20)16(19)8-14/h2-8,10,23H,22H2,1H3/b12-10-. The Hall–Kier alpha value is -3.37. The van der Waals surface area contributed by atoms with Crippen molar-refractivity contribution >= 4 is 40.5 Å². The topological polar surface area (TPSA) is 99.2 Å². The molecule has 0 saturated heterocycles. The van der Waals surface area contributed by atoms with Gasteiger partial charge in [-0.1, -0.05) is 11.6 Å². The fraction of sp³-hybridized carbons (Fsp3) is 0.0556. The molecule has 0 unspecified atom stereocenters. The number of nitrogen functional groups attached to an aromatic ring is 1. The second-order valence-electron chi connectivity index (χ2n) is 5.19. The van der Waals surface area contributed by atoms with Gasteiger partial charge in [-0.05, 0) is 42.5 Å². The number of hydrogen-bond acceptors (Lipinski definition) is 5. The predicted molar refractivity (Wildman–Crippen MR) is 97.8 cm³/mol. The molecule has 0 aliphatic rings. The maximum Gasteiger partial charge on any atom is 0.277 e. The number of anilines is 3. The maximum absolute atomic E-state index is 13.2. The highest BCUT2D eigenvalue weighted by Crippen LogP contribution is 2.21. The molecule has 2 amide bonds. The molecule has 2 aromatic rings. The van der Waals surface area contributed by atoms with Crippen molar-refractivity contribution in [1.29, 1.82) is 5.26 Å². The van der Waals surface area contributed by atoms with Gasteiger partial charge in [0.1, 0.15) is 17.5 Å². The Balaban J connectivity index is 2.29. The summed E-state index contributed by atoms with van der Waals surface area (Å²) >= 11 is 5.68. The first kappa shape index (κ1) is 19.0. The summed E-state index contributed by atoms with van der Waals surface area (Å²) < 4.78 is 13.2. The van der Waals surface area contributed by atoms with Gasteiger partial charge in [0.25, 0.3) is 5.91 Å². The summed E-state index contributed by atoms with van der Waals surface area (Å²) in [6.07, 6.45) is 1.12. The second-order valence-corrected chi connectivity index (χ2v) is 5.60. The van der Waals surface area contributed by atoms with E-state index >= 15 is 0 Å². The van der Waals surface area contributed by atoms with Gasteiger partial charge < -0.3 is 11.1 Å². The fourth-order valence-corrected chi connectivity index (χ4v) is 2.25. The summed E-state index contributed by atoms with van der Waals surface area (Å²) in [5.74, 6) is -1.97. The number of imide groups is 1. The number of hydrogen-bond donors (Lipinski definition) is 2. The predicted octanol–water partition coefficient (Wildman–Crippen LogP) is 3.46. The Morgan fingerprint density at radius 3 is 2.46 bits per heavy atom. The highest BCUT2D eigenvalue weighted by molar-refractivity contribution is 6.31. The molecule has 0 radical (unpaired) electrons. The Morgan fingerprint density at radius 2 is 1.92 bits per heavy atom. The number of halogens is 2. The zero-order valence-corrected chi connectivity index (χ0v) is 14.4. The van der Waals surface area contributed by atoms with Gasteiger partial charge in [0.2, 0.25) is 5.91 Å². The third kappa shape index (κ3) is 4.37. The van der Waals surface area contributed by atoms with Crippen LogP contribution in [0.15, 0.2) is 54.2 Å². The lowest BCUT2D eigenvalue weighted by atomic mass is 10.2.